The van der Waals surface area contributed by atoms with Crippen molar-refractivity contribution in [3.63, 3.8) is 0 Å². The maximum absolute atomic E-state index is 12.3. The van der Waals surface area contributed by atoms with Gasteiger partial charge in [0, 0.05) is 23.6 Å². The third kappa shape index (κ3) is 4.32. The molecule has 1 aliphatic rings. The summed E-state index contributed by atoms with van der Waals surface area (Å²) in [6, 6.07) is 9.59. The lowest BCUT2D eigenvalue weighted by molar-refractivity contribution is -0.128. The molecule has 1 aromatic carbocycles. The molecule has 1 saturated heterocycles. The van der Waals surface area contributed by atoms with Crippen LogP contribution in [-0.2, 0) is 9.53 Å². The smallest absolute Gasteiger partial charge is 0.255 e. The van der Waals surface area contributed by atoms with E-state index in [9.17, 15) is 4.79 Å². The minimum absolute atomic E-state index is 0. The monoisotopic (exact) mass is 400 g/mol. The topological polar surface area (TPSA) is 68.2 Å². The molecule has 2 N–H and O–H groups in total. The Labute approximate surface area is 149 Å². The van der Waals surface area contributed by atoms with E-state index < -0.39 is 6.10 Å². The van der Waals surface area contributed by atoms with Crippen LogP contribution in [0.4, 0.5) is 5.82 Å². The van der Waals surface area contributed by atoms with E-state index in [-0.39, 0.29) is 18.3 Å². The zero-order chi connectivity index (χ0) is 15.5. The van der Waals surface area contributed by atoms with Gasteiger partial charge in [-0.15, -0.1) is 12.4 Å². The van der Waals surface area contributed by atoms with Gasteiger partial charge in [0.2, 0.25) is 0 Å². The highest BCUT2D eigenvalue weighted by molar-refractivity contribution is 9.10. The Balaban J connectivity index is 0.00000192. The lowest BCUT2D eigenvalue weighted by Crippen LogP contribution is -2.45. The number of hydrogen-bond acceptors (Lipinski definition) is 4. The molecule has 124 valence electrons. The number of morpholine rings is 1. The Morgan fingerprint density at radius 3 is 3.00 bits per heavy atom. The van der Waals surface area contributed by atoms with Gasteiger partial charge in [0.15, 0.2) is 0 Å². The number of nitrogens with zero attached hydrogens (tertiary/aromatic N) is 2. The van der Waals surface area contributed by atoms with Crippen LogP contribution in [0, 0.1) is 6.92 Å². The molecule has 1 fully saturated rings. The lowest BCUT2D eigenvalue weighted by Gasteiger charge is -2.22. The Morgan fingerprint density at radius 1 is 1.48 bits per heavy atom. The minimum Gasteiger partial charge on any atom is -0.366 e. The van der Waals surface area contributed by atoms with E-state index in [0.717, 1.165) is 22.4 Å². The summed E-state index contributed by atoms with van der Waals surface area (Å²) in [5.41, 5.74) is 1.71. The number of benzene rings is 1. The molecule has 3 rings (SSSR count). The highest BCUT2D eigenvalue weighted by Crippen LogP contribution is 2.20. The van der Waals surface area contributed by atoms with E-state index in [2.05, 4.69) is 31.7 Å². The second kappa shape index (κ2) is 7.92. The zero-order valence-corrected chi connectivity index (χ0v) is 15.0. The number of carbonyl (C=O) groups is 1. The van der Waals surface area contributed by atoms with E-state index in [1.807, 2.05) is 37.3 Å². The summed E-state index contributed by atoms with van der Waals surface area (Å²) >= 11 is 3.45. The molecule has 6 nitrogen and oxygen atoms in total. The maximum atomic E-state index is 12.3. The van der Waals surface area contributed by atoms with Gasteiger partial charge in [0.05, 0.1) is 18.0 Å². The normalized spacial score (nSPS) is 17.4. The quantitative estimate of drug-likeness (QED) is 0.828. The average molecular weight is 402 g/mol. The Kier molecular flexibility index (Phi) is 6.17. The van der Waals surface area contributed by atoms with Crippen molar-refractivity contribution in [3.8, 4) is 5.69 Å². The highest BCUT2D eigenvalue weighted by atomic mass is 79.9. The van der Waals surface area contributed by atoms with Gasteiger partial charge < -0.3 is 15.4 Å². The molecule has 0 aliphatic carbocycles. The number of aryl methyl sites for hydroxylation is 1. The van der Waals surface area contributed by atoms with Crippen LogP contribution in [0.5, 0.6) is 0 Å². The van der Waals surface area contributed by atoms with Gasteiger partial charge in [-0.2, -0.15) is 5.10 Å². The molecule has 1 atom stereocenters. The molecule has 2 aromatic rings. The van der Waals surface area contributed by atoms with Crippen molar-refractivity contribution in [2.24, 2.45) is 0 Å². The van der Waals surface area contributed by atoms with Gasteiger partial charge in [0.1, 0.15) is 11.9 Å². The molecule has 0 spiro atoms. The van der Waals surface area contributed by atoms with Gasteiger partial charge >= 0.3 is 0 Å². The molecule has 0 bridgehead atoms. The molecule has 8 heteroatoms. The lowest BCUT2D eigenvalue weighted by atomic mass is 10.3. The number of carbonyl (C=O) groups excluding carboxylic acids is 1. The third-order valence-corrected chi connectivity index (χ3v) is 3.85. The van der Waals surface area contributed by atoms with Gasteiger partial charge in [-0.1, -0.05) is 22.0 Å². The second-order valence-electron chi connectivity index (χ2n) is 5.12. The van der Waals surface area contributed by atoms with Crippen molar-refractivity contribution in [2.45, 2.75) is 13.0 Å². The van der Waals surface area contributed by atoms with Crippen LogP contribution in [0.3, 0.4) is 0 Å². The number of rotatable bonds is 3. The SMILES string of the molecule is Cc1cc(NC(=O)[C@H]2CNCCO2)n(-c2cccc(Br)c2)n1.Cl. The summed E-state index contributed by atoms with van der Waals surface area (Å²) in [6.45, 7) is 3.74. The molecule has 0 unspecified atom stereocenters. The molecular weight excluding hydrogens is 384 g/mol. The first kappa shape index (κ1) is 17.9. The first-order valence-corrected chi connectivity index (χ1v) is 7.88. The number of ether oxygens (including phenoxy) is 1. The summed E-state index contributed by atoms with van der Waals surface area (Å²) < 4.78 is 8.14. The van der Waals surface area contributed by atoms with Gasteiger partial charge in [0.25, 0.3) is 5.91 Å². The van der Waals surface area contributed by atoms with E-state index in [1.165, 1.54) is 0 Å². The van der Waals surface area contributed by atoms with Crippen LogP contribution in [0.25, 0.3) is 5.69 Å². The number of amides is 1. The fraction of sp³-hybridized carbons (Fsp3) is 0.333. The Hall–Kier alpha value is -1.41. The molecule has 1 amide bonds. The van der Waals surface area contributed by atoms with E-state index in [1.54, 1.807) is 4.68 Å². The van der Waals surface area contributed by atoms with Gasteiger partial charge in [-0.05, 0) is 25.1 Å². The van der Waals surface area contributed by atoms with Crippen LogP contribution in [-0.4, -0.2) is 41.5 Å². The van der Waals surface area contributed by atoms with E-state index in [4.69, 9.17) is 4.74 Å². The number of halogens is 2. The fourth-order valence-corrected chi connectivity index (χ4v) is 2.72. The predicted molar refractivity (Wildman–Crippen MR) is 94.5 cm³/mol. The molecule has 0 radical (unpaired) electrons. The van der Waals surface area contributed by atoms with Crippen molar-refractivity contribution >= 4 is 40.1 Å². The molecule has 0 saturated carbocycles. The van der Waals surface area contributed by atoms with Crippen LogP contribution < -0.4 is 10.6 Å². The molecular formula is C15H18BrClN4O2. The number of aromatic nitrogens is 2. The predicted octanol–water partition coefficient (Wildman–Crippen LogP) is 2.29. The molecule has 23 heavy (non-hydrogen) atoms. The van der Waals surface area contributed by atoms with E-state index >= 15 is 0 Å². The van der Waals surface area contributed by atoms with Crippen LogP contribution in [0.1, 0.15) is 5.69 Å². The van der Waals surface area contributed by atoms with Crippen molar-refractivity contribution in [2.75, 3.05) is 25.0 Å². The van der Waals surface area contributed by atoms with Crippen molar-refractivity contribution < 1.29 is 9.53 Å². The minimum atomic E-state index is -0.472. The Bertz CT molecular complexity index is 686. The van der Waals surface area contributed by atoms with Crippen LogP contribution in [0.2, 0.25) is 0 Å². The summed E-state index contributed by atoms with van der Waals surface area (Å²) in [4.78, 5) is 12.3. The largest absolute Gasteiger partial charge is 0.366 e. The average Bonchev–Trinajstić information content (AvgIpc) is 2.89. The van der Waals surface area contributed by atoms with Crippen LogP contribution in [0.15, 0.2) is 34.8 Å². The van der Waals surface area contributed by atoms with Crippen molar-refractivity contribution in [1.82, 2.24) is 15.1 Å². The van der Waals surface area contributed by atoms with Crippen molar-refractivity contribution in [3.05, 3.63) is 40.5 Å². The van der Waals surface area contributed by atoms with Gasteiger partial charge in [-0.3, -0.25) is 4.79 Å². The number of nitrogens with one attached hydrogen (secondary N) is 2. The Morgan fingerprint density at radius 2 is 2.30 bits per heavy atom. The standard InChI is InChI=1S/C15H17BrN4O2.ClH/c1-10-7-14(18-15(21)13-9-17-5-6-22-13)20(19-10)12-4-2-3-11(16)8-12;/h2-4,7-8,13,17H,5-6,9H2,1H3,(H,18,21);1H/t13-;/m1./s1. The first-order chi connectivity index (χ1) is 10.6. The summed E-state index contributed by atoms with van der Waals surface area (Å²) in [5, 5.41) is 10.5. The fourth-order valence-electron chi connectivity index (χ4n) is 2.33. The van der Waals surface area contributed by atoms with Crippen molar-refractivity contribution in [1.29, 1.82) is 0 Å². The summed E-state index contributed by atoms with van der Waals surface area (Å²) in [7, 11) is 0. The van der Waals surface area contributed by atoms with Gasteiger partial charge in [-0.25, -0.2) is 4.68 Å². The maximum Gasteiger partial charge on any atom is 0.255 e. The molecule has 2 heterocycles. The molecule has 1 aliphatic heterocycles. The second-order valence-corrected chi connectivity index (χ2v) is 6.03. The molecule has 1 aromatic heterocycles. The van der Waals surface area contributed by atoms with E-state index in [0.29, 0.717) is 19.0 Å². The highest BCUT2D eigenvalue weighted by Gasteiger charge is 2.23. The third-order valence-electron chi connectivity index (χ3n) is 3.36. The number of anilines is 1. The van der Waals surface area contributed by atoms with Crippen LogP contribution >= 0.6 is 28.3 Å². The first-order valence-electron chi connectivity index (χ1n) is 7.09. The zero-order valence-electron chi connectivity index (χ0n) is 12.6. The number of hydrogen-bond donors (Lipinski definition) is 2. The summed E-state index contributed by atoms with van der Waals surface area (Å²) in [5.74, 6) is 0.470. The summed E-state index contributed by atoms with van der Waals surface area (Å²) in [6.07, 6.45) is -0.472.